The number of ether oxygens (including phenoxy) is 4. The molecule has 1 atom stereocenters. The van der Waals surface area contributed by atoms with Gasteiger partial charge in [0.15, 0.2) is 16.3 Å². The highest BCUT2D eigenvalue weighted by Gasteiger charge is 2.36. The fraction of sp³-hybridized carbons (Fsp3) is 0.265. The number of hydrogen-bond donors (Lipinski definition) is 0. The van der Waals surface area contributed by atoms with Crippen molar-refractivity contribution in [3.63, 3.8) is 0 Å². The minimum absolute atomic E-state index is 0.196. The van der Waals surface area contributed by atoms with Crippen LogP contribution in [0.4, 0.5) is 0 Å². The van der Waals surface area contributed by atoms with Gasteiger partial charge in [0.2, 0.25) is 0 Å². The zero-order valence-electron chi connectivity index (χ0n) is 25.0. The highest BCUT2D eigenvalue weighted by atomic mass is 79.9. The lowest BCUT2D eigenvalue weighted by molar-refractivity contribution is -0.139. The summed E-state index contributed by atoms with van der Waals surface area (Å²) < 4.78 is 25.7. The molecule has 0 fully saturated rings. The number of esters is 1. The third-order valence-electron chi connectivity index (χ3n) is 7.10. The molecule has 0 saturated carbocycles. The highest BCUT2D eigenvalue weighted by Crippen LogP contribution is 2.38. The van der Waals surface area contributed by atoms with E-state index in [1.807, 2.05) is 73.7 Å². The van der Waals surface area contributed by atoms with Gasteiger partial charge >= 0.3 is 5.97 Å². The second-order valence-electron chi connectivity index (χ2n) is 9.98. The number of fused-ring (bicyclic) bond motifs is 1. The molecule has 5 rings (SSSR count). The Hall–Kier alpha value is -4.15. The fourth-order valence-corrected chi connectivity index (χ4v) is 6.51. The van der Waals surface area contributed by atoms with Crippen molar-refractivity contribution in [2.45, 2.75) is 39.3 Å². The van der Waals surface area contributed by atoms with Crippen molar-refractivity contribution in [3.8, 4) is 17.2 Å². The molecule has 1 aromatic heterocycles. The molecule has 4 aromatic rings. The molecule has 0 aliphatic carbocycles. The van der Waals surface area contributed by atoms with Crippen LogP contribution in [0, 0.1) is 0 Å². The van der Waals surface area contributed by atoms with E-state index in [1.54, 1.807) is 31.8 Å². The number of carbonyl (C=O) groups is 1. The first-order chi connectivity index (χ1) is 21.4. The smallest absolute Gasteiger partial charge is 0.338 e. The minimum Gasteiger partial charge on any atom is -0.496 e. The van der Waals surface area contributed by atoms with Gasteiger partial charge in [0, 0.05) is 10.0 Å². The number of halogens is 1. The van der Waals surface area contributed by atoms with Crippen LogP contribution in [0.3, 0.4) is 0 Å². The Balaban J connectivity index is 1.63. The molecule has 0 bridgehead atoms. The van der Waals surface area contributed by atoms with Crippen LogP contribution in [-0.2, 0) is 16.1 Å². The van der Waals surface area contributed by atoms with Gasteiger partial charge in [0.25, 0.3) is 5.56 Å². The van der Waals surface area contributed by atoms with Gasteiger partial charge in [-0.3, -0.25) is 9.36 Å². The van der Waals surface area contributed by atoms with Gasteiger partial charge in [-0.2, -0.15) is 0 Å². The summed E-state index contributed by atoms with van der Waals surface area (Å²) in [6.45, 7) is 4.38. The molecule has 0 amide bonds. The maximum absolute atomic E-state index is 14.2. The molecule has 0 spiro atoms. The average Bonchev–Trinajstić information content (AvgIpc) is 3.34. The van der Waals surface area contributed by atoms with Crippen LogP contribution in [0.2, 0.25) is 0 Å². The van der Waals surface area contributed by atoms with Crippen LogP contribution < -0.4 is 29.1 Å². The predicted molar refractivity (Wildman–Crippen MR) is 174 cm³/mol. The molecule has 10 heteroatoms. The van der Waals surface area contributed by atoms with Crippen molar-refractivity contribution in [2.24, 2.45) is 4.99 Å². The van der Waals surface area contributed by atoms with Crippen molar-refractivity contribution in [2.75, 3.05) is 20.8 Å². The first-order valence-corrected chi connectivity index (χ1v) is 15.9. The second-order valence-corrected chi connectivity index (χ2v) is 11.9. The molecule has 0 saturated heterocycles. The molecule has 228 valence electrons. The molecule has 1 aliphatic rings. The SMILES string of the molecule is CCCC1=C(C(=O)OCC)[C@H](c2cc(Br)ccc2OC)n2c(s/c(=C/c3ccc(OCc4ccccc4)c(OC)c3)c2=O)=N1. The summed E-state index contributed by atoms with van der Waals surface area (Å²) in [5.41, 5.74) is 3.12. The van der Waals surface area contributed by atoms with Gasteiger partial charge in [0.1, 0.15) is 18.4 Å². The van der Waals surface area contributed by atoms with E-state index in [9.17, 15) is 9.59 Å². The summed E-state index contributed by atoms with van der Waals surface area (Å²) in [4.78, 5) is 33.0. The number of nitrogens with zero attached hydrogens (tertiary/aromatic N) is 2. The van der Waals surface area contributed by atoms with Crippen molar-refractivity contribution in [1.82, 2.24) is 4.57 Å². The molecule has 0 N–H and O–H groups in total. The summed E-state index contributed by atoms with van der Waals surface area (Å²) in [7, 11) is 3.15. The Labute approximate surface area is 268 Å². The van der Waals surface area contributed by atoms with Gasteiger partial charge in [-0.15, -0.1) is 0 Å². The van der Waals surface area contributed by atoms with Crippen molar-refractivity contribution in [1.29, 1.82) is 0 Å². The normalized spacial score (nSPS) is 14.6. The number of methoxy groups -OCH3 is 2. The van der Waals surface area contributed by atoms with E-state index in [1.165, 1.54) is 11.3 Å². The van der Waals surface area contributed by atoms with E-state index in [4.69, 9.17) is 23.9 Å². The Morgan fingerprint density at radius 2 is 1.75 bits per heavy atom. The van der Waals surface area contributed by atoms with Gasteiger partial charge < -0.3 is 18.9 Å². The van der Waals surface area contributed by atoms with Crippen LogP contribution in [0.1, 0.15) is 49.4 Å². The summed E-state index contributed by atoms with van der Waals surface area (Å²) in [6, 6.07) is 20.2. The van der Waals surface area contributed by atoms with Gasteiger partial charge in [0.05, 0.1) is 36.6 Å². The van der Waals surface area contributed by atoms with Crippen LogP contribution in [-0.4, -0.2) is 31.4 Å². The highest BCUT2D eigenvalue weighted by molar-refractivity contribution is 9.10. The van der Waals surface area contributed by atoms with E-state index in [2.05, 4.69) is 15.9 Å². The van der Waals surface area contributed by atoms with Crippen LogP contribution in [0.5, 0.6) is 17.2 Å². The lowest BCUT2D eigenvalue weighted by Gasteiger charge is -2.27. The summed E-state index contributed by atoms with van der Waals surface area (Å²) in [5, 5.41) is 0. The summed E-state index contributed by atoms with van der Waals surface area (Å²) in [6.07, 6.45) is 3.11. The Morgan fingerprint density at radius 3 is 2.45 bits per heavy atom. The zero-order chi connectivity index (χ0) is 31.2. The first kappa shape index (κ1) is 31.3. The number of benzene rings is 3. The Morgan fingerprint density at radius 1 is 1.00 bits per heavy atom. The molecular weight excluding hydrogens is 644 g/mol. The molecule has 0 radical (unpaired) electrons. The average molecular weight is 678 g/mol. The molecule has 3 aromatic carbocycles. The van der Waals surface area contributed by atoms with Gasteiger partial charge in [-0.05, 0) is 60.9 Å². The maximum atomic E-state index is 14.2. The predicted octanol–water partition coefficient (Wildman–Crippen LogP) is 5.94. The van der Waals surface area contributed by atoms with E-state index in [0.717, 1.165) is 22.0 Å². The molecule has 0 unspecified atom stereocenters. The Kier molecular flexibility index (Phi) is 10.0. The number of aromatic nitrogens is 1. The third kappa shape index (κ3) is 6.51. The van der Waals surface area contributed by atoms with E-state index in [-0.39, 0.29) is 12.2 Å². The number of allylic oxidation sites excluding steroid dienone is 1. The van der Waals surface area contributed by atoms with E-state index < -0.39 is 12.0 Å². The fourth-order valence-electron chi connectivity index (χ4n) is 5.11. The molecule has 1 aliphatic heterocycles. The molecule has 44 heavy (non-hydrogen) atoms. The number of hydrogen-bond acceptors (Lipinski definition) is 8. The first-order valence-electron chi connectivity index (χ1n) is 14.3. The maximum Gasteiger partial charge on any atom is 0.338 e. The van der Waals surface area contributed by atoms with Crippen molar-refractivity contribution in [3.05, 3.63) is 119 Å². The Bertz CT molecular complexity index is 1880. The largest absolute Gasteiger partial charge is 0.496 e. The van der Waals surface area contributed by atoms with Crippen LogP contribution in [0.25, 0.3) is 6.08 Å². The summed E-state index contributed by atoms with van der Waals surface area (Å²) >= 11 is 4.83. The van der Waals surface area contributed by atoms with Crippen LogP contribution in [0.15, 0.2) is 92.3 Å². The minimum atomic E-state index is -0.787. The lowest BCUT2D eigenvalue weighted by atomic mass is 9.93. The topological polar surface area (TPSA) is 88.4 Å². The quantitative estimate of drug-likeness (QED) is 0.183. The summed E-state index contributed by atoms with van der Waals surface area (Å²) in [5.74, 6) is 1.19. The van der Waals surface area contributed by atoms with E-state index >= 15 is 0 Å². The molecule has 8 nitrogen and oxygen atoms in total. The zero-order valence-corrected chi connectivity index (χ0v) is 27.4. The lowest BCUT2D eigenvalue weighted by Crippen LogP contribution is -2.40. The van der Waals surface area contributed by atoms with Crippen LogP contribution >= 0.6 is 27.3 Å². The molecule has 2 heterocycles. The number of rotatable bonds is 11. The standard InChI is InChI=1S/C34H33BrN2O6S/c1-5-10-25-30(33(39)42-6-2)31(24-19-23(35)14-16-26(24)40-3)37-32(38)29(44-34(37)36-25)18-22-13-15-27(28(17-22)41-4)43-20-21-11-8-7-9-12-21/h7-9,11-19,31H,5-6,10,20H2,1-4H3/b29-18+/t31-/m0/s1. The number of thiazole rings is 1. The second kappa shape index (κ2) is 14.1. The van der Waals surface area contributed by atoms with Crippen molar-refractivity contribution < 1.29 is 23.7 Å². The number of carbonyl (C=O) groups excluding carboxylic acids is 1. The van der Waals surface area contributed by atoms with Crippen molar-refractivity contribution >= 4 is 39.3 Å². The third-order valence-corrected chi connectivity index (χ3v) is 8.58. The monoisotopic (exact) mass is 676 g/mol. The van der Waals surface area contributed by atoms with Gasteiger partial charge in [-0.1, -0.05) is 77.0 Å². The van der Waals surface area contributed by atoms with Gasteiger partial charge in [-0.25, -0.2) is 9.79 Å². The van der Waals surface area contributed by atoms with E-state index in [0.29, 0.717) is 56.4 Å². The molecular formula is C34H33BrN2O6S.